The van der Waals surface area contributed by atoms with E-state index < -0.39 is 0 Å². The van der Waals surface area contributed by atoms with Crippen molar-refractivity contribution in [2.45, 2.75) is 19.3 Å². The van der Waals surface area contributed by atoms with Crippen molar-refractivity contribution >= 4 is 103 Å². The van der Waals surface area contributed by atoms with E-state index in [2.05, 4.69) is 13.8 Å². The average Bonchev–Trinajstić information content (AvgIpc) is 2.30. The molecule has 0 aliphatic heterocycles. The topological polar surface area (TPSA) is 40.5 Å². The Morgan fingerprint density at radius 2 is 0.895 bits per heavy atom. The maximum Gasteiger partial charge on any atom is 0.115 e. The number of rotatable bonds is 2. The van der Waals surface area contributed by atoms with Gasteiger partial charge in [0, 0.05) is 108 Å². The molecule has 0 aliphatic carbocycles. The van der Waals surface area contributed by atoms with Crippen molar-refractivity contribution in [3.63, 3.8) is 0 Å². The molecule has 0 aromatic heterocycles. The summed E-state index contributed by atoms with van der Waals surface area (Å²) in [6, 6.07) is 14.4. The summed E-state index contributed by atoms with van der Waals surface area (Å²) in [6.45, 7) is 4.23. The number of benzene rings is 2. The summed E-state index contributed by atoms with van der Waals surface area (Å²) in [4.78, 5) is 0. The van der Waals surface area contributed by atoms with Gasteiger partial charge in [0.1, 0.15) is 11.5 Å². The van der Waals surface area contributed by atoms with Gasteiger partial charge in [0.05, 0.1) is 0 Å². The Hall–Kier alpha value is 1.31. The molecule has 4 heteroatoms. The van der Waals surface area contributed by atoms with Crippen LogP contribution in [0.15, 0.2) is 48.5 Å². The first-order chi connectivity index (χ1) is 8.00. The summed E-state index contributed by atoms with van der Waals surface area (Å²) in [5, 5.41) is 18.6. The first kappa shape index (κ1) is 20.3. The summed E-state index contributed by atoms with van der Waals surface area (Å²) in [6.07, 6.45) is 0. The number of hydrogen-bond donors (Lipinski definition) is 2. The predicted octanol–water partition coefficient (Wildman–Crippen LogP) is 2.66. The van der Waals surface area contributed by atoms with E-state index in [-0.39, 0.29) is 120 Å². The monoisotopic (exact) mass is 306 g/mol. The summed E-state index contributed by atoms with van der Waals surface area (Å²) >= 11 is 0. The Labute approximate surface area is 199 Å². The summed E-state index contributed by atoms with van der Waals surface area (Å²) in [5.41, 5.74) is 2.10. The minimum Gasteiger partial charge on any atom is -0.508 e. The van der Waals surface area contributed by atoms with Crippen LogP contribution in [0.4, 0.5) is 0 Å². The van der Waals surface area contributed by atoms with Gasteiger partial charge in [0.25, 0.3) is 0 Å². The second-order valence-electron chi connectivity index (χ2n) is 4.72. The van der Waals surface area contributed by atoms with Crippen LogP contribution in [0.2, 0.25) is 0 Å². The normalized spacial score (nSPS) is 10.2. The molecule has 2 rings (SSSR count). The van der Waals surface area contributed by atoms with Gasteiger partial charge < -0.3 is 10.2 Å². The van der Waals surface area contributed by atoms with Crippen molar-refractivity contribution in [2.75, 3.05) is 0 Å². The zero-order valence-electron chi connectivity index (χ0n) is 12.0. The molecule has 2 radical (unpaired) electrons. The van der Waals surface area contributed by atoms with E-state index in [1.807, 2.05) is 24.3 Å². The Bertz CT molecular complexity index is 457. The van der Waals surface area contributed by atoms with Crippen molar-refractivity contribution < 1.29 is 10.2 Å². The van der Waals surface area contributed by atoms with Crippen LogP contribution in [-0.2, 0) is 5.41 Å². The minimum atomic E-state index is -0.151. The van der Waals surface area contributed by atoms with Crippen LogP contribution < -0.4 is 0 Å². The molecule has 0 bridgehead atoms. The Balaban J connectivity index is 0.00000162. The maximum atomic E-state index is 9.30. The second kappa shape index (κ2) is 8.68. The molecular formula is C15H16K2O2. The molecule has 0 aliphatic rings. The Morgan fingerprint density at radius 3 is 1.16 bits per heavy atom. The fourth-order valence-electron chi connectivity index (χ4n) is 1.92. The van der Waals surface area contributed by atoms with Gasteiger partial charge in [0.15, 0.2) is 0 Å². The van der Waals surface area contributed by atoms with Gasteiger partial charge in [-0.2, -0.15) is 0 Å². The first-order valence-electron chi connectivity index (χ1n) is 5.59. The number of aromatic hydroxyl groups is 2. The van der Waals surface area contributed by atoms with Crippen LogP contribution in [0.1, 0.15) is 25.0 Å². The third-order valence-corrected chi connectivity index (χ3v) is 3.18. The number of hydrogen-bond acceptors (Lipinski definition) is 2. The van der Waals surface area contributed by atoms with E-state index in [0.717, 1.165) is 11.1 Å². The van der Waals surface area contributed by atoms with E-state index in [0.29, 0.717) is 0 Å². The molecule has 90 valence electrons. The molecule has 0 saturated heterocycles. The van der Waals surface area contributed by atoms with Gasteiger partial charge in [-0.25, -0.2) is 0 Å². The number of phenols is 2. The quantitative estimate of drug-likeness (QED) is 0.838. The van der Waals surface area contributed by atoms with E-state index in [1.54, 1.807) is 24.3 Å². The molecule has 0 fully saturated rings. The molecule has 2 nitrogen and oxygen atoms in total. The molecule has 19 heavy (non-hydrogen) atoms. The second-order valence-corrected chi connectivity index (χ2v) is 4.72. The third-order valence-electron chi connectivity index (χ3n) is 3.18. The molecule has 2 aromatic carbocycles. The Morgan fingerprint density at radius 1 is 0.632 bits per heavy atom. The number of phenolic OH excluding ortho intramolecular Hbond substituents is 2. The Kier molecular flexibility index (Phi) is 9.28. The summed E-state index contributed by atoms with van der Waals surface area (Å²) in [7, 11) is 0. The van der Waals surface area contributed by atoms with Gasteiger partial charge >= 0.3 is 0 Å². The molecule has 2 N–H and O–H groups in total. The fraction of sp³-hybridized carbons (Fsp3) is 0.200. The van der Waals surface area contributed by atoms with Crippen molar-refractivity contribution in [1.29, 1.82) is 0 Å². The van der Waals surface area contributed by atoms with Crippen LogP contribution in [0.5, 0.6) is 11.5 Å². The van der Waals surface area contributed by atoms with E-state index >= 15 is 0 Å². The van der Waals surface area contributed by atoms with Gasteiger partial charge in [-0.05, 0) is 35.4 Å². The van der Waals surface area contributed by atoms with Gasteiger partial charge in [-0.1, -0.05) is 38.1 Å². The van der Waals surface area contributed by atoms with E-state index in [9.17, 15) is 10.2 Å². The van der Waals surface area contributed by atoms with Crippen LogP contribution in [0.3, 0.4) is 0 Å². The van der Waals surface area contributed by atoms with Crippen molar-refractivity contribution in [2.24, 2.45) is 0 Å². The molecule has 2 aromatic rings. The van der Waals surface area contributed by atoms with E-state index in [4.69, 9.17) is 0 Å². The van der Waals surface area contributed by atoms with Gasteiger partial charge in [-0.3, -0.25) is 0 Å². The van der Waals surface area contributed by atoms with Gasteiger partial charge in [-0.15, -0.1) is 0 Å². The largest absolute Gasteiger partial charge is 0.508 e. The smallest absolute Gasteiger partial charge is 0.115 e. The molecule has 0 amide bonds. The molecule has 0 heterocycles. The summed E-state index contributed by atoms with van der Waals surface area (Å²) in [5.74, 6) is 0.547. The minimum absolute atomic E-state index is 0. The van der Waals surface area contributed by atoms with Crippen LogP contribution in [0, 0.1) is 0 Å². The zero-order chi connectivity index (χ0) is 12.5. The molecule has 0 saturated carbocycles. The van der Waals surface area contributed by atoms with Gasteiger partial charge in [0.2, 0.25) is 0 Å². The molecule has 0 spiro atoms. The fourth-order valence-corrected chi connectivity index (χ4v) is 1.92. The zero-order valence-corrected chi connectivity index (χ0v) is 18.3. The molecule has 0 unspecified atom stereocenters. The maximum absolute atomic E-state index is 9.30. The first-order valence-corrected chi connectivity index (χ1v) is 5.59. The molecule has 0 atom stereocenters. The molecular weight excluding hydrogens is 290 g/mol. The SMILES string of the molecule is CC(C)(c1ccc(O)cc1)c1ccc(O)cc1.[K].[K]. The standard InChI is InChI=1S/C15H16O2.2K/c1-15(2,11-3-7-13(16)8-4-11)12-5-9-14(17)10-6-12;;/h3-10,16-17H,1-2H3;;. The van der Waals surface area contributed by atoms with Crippen LogP contribution in [0.25, 0.3) is 0 Å². The van der Waals surface area contributed by atoms with E-state index in [1.165, 1.54) is 0 Å². The summed E-state index contributed by atoms with van der Waals surface area (Å²) < 4.78 is 0. The van der Waals surface area contributed by atoms with Crippen LogP contribution >= 0.6 is 0 Å². The average molecular weight is 306 g/mol. The van der Waals surface area contributed by atoms with Crippen LogP contribution in [-0.4, -0.2) is 113 Å². The van der Waals surface area contributed by atoms with Crippen molar-refractivity contribution in [3.8, 4) is 11.5 Å². The predicted molar refractivity (Wildman–Crippen MR) is 79.8 cm³/mol. The third kappa shape index (κ3) is 5.22. The van der Waals surface area contributed by atoms with Crippen molar-refractivity contribution in [1.82, 2.24) is 0 Å². The van der Waals surface area contributed by atoms with Crippen molar-refractivity contribution in [3.05, 3.63) is 59.7 Å².